The summed E-state index contributed by atoms with van der Waals surface area (Å²) in [6.07, 6.45) is 2.66. The first-order chi connectivity index (χ1) is 16.6. The monoisotopic (exact) mass is 491 g/mol. The first-order valence-corrected chi connectivity index (χ1v) is 13.0. The molecule has 0 unspecified atom stereocenters. The zero-order valence-electron chi connectivity index (χ0n) is 21.1. The topological polar surface area (TPSA) is 107 Å². The summed E-state index contributed by atoms with van der Waals surface area (Å²) in [7, 11) is 3.37. The number of hydrogen-bond acceptors (Lipinski definition) is 9. The molecule has 0 radical (unpaired) electrons. The molecule has 2 N–H and O–H groups in total. The van der Waals surface area contributed by atoms with Crippen LogP contribution >= 0.6 is 0 Å². The summed E-state index contributed by atoms with van der Waals surface area (Å²) >= 11 is 0. The van der Waals surface area contributed by atoms with Crippen molar-refractivity contribution in [3.8, 4) is 0 Å². The largest absolute Gasteiger partial charge is 0.459 e. The number of piperidine rings is 1. The van der Waals surface area contributed by atoms with E-state index in [-0.39, 0.29) is 30.8 Å². The number of fused-ring (bicyclic) bond motifs is 1. The van der Waals surface area contributed by atoms with Gasteiger partial charge in [0.05, 0.1) is 35.4 Å². The Hall–Kier alpha value is -1.07. The van der Waals surface area contributed by atoms with Crippen LogP contribution in [0.1, 0.15) is 33.6 Å². The van der Waals surface area contributed by atoms with Crippen molar-refractivity contribution in [2.24, 2.45) is 28.6 Å². The molecule has 7 bridgehead atoms. The smallest absolute Gasteiger partial charge is 0.303 e. The highest BCUT2D eigenvalue weighted by molar-refractivity contribution is 5.67. The minimum absolute atomic E-state index is 0.0268. The number of likely N-dealkylation sites (N-methyl/N-ethyl adjacent to an activating group) is 1. The molecule has 5 aliphatic carbocycles. The van der Waals surface area contributed by atoms with Crippen LogP contribution in [0.5, 0.6) is 0 Å². The van der Waals surface area contributed by atoms with Gasteiger partial charge in [0.2, 0.25) is 0 Å². The molecule has 7 rings (SSSR count). The minimum atomic E-state index is -1.34. The summed E-state index contributed by atoms with van der Waals surface area (Å²) in [5.74, 6) is -1.25. The second kappa shape index (κ2) is 6.67. The Morgan fingerprint density at radius 2 is 1.97 bits per heavy atom. The van der Waals surface area contributed by atoms with Crippen LogP contribution in [0.15, 0.2) is 12.2 Å². The van der Waals surface area contributed by atoms with Gasteiger partial charge in [0.15, 0.2) is 5.60 Å². The van der Waals surface area contributed by atoms with Crippen LogP contribution in [-0.2, 0) is 28.5 Å². The van der Waals surface area contributed by atoms with Crippen LogP contribution in [0.25, 0.3) is 0 Å². The first kappa shape index (κ1) is 23.1. The number of methoxy groups -OCH3 is 2. The minimum Gasteiger partial charge on any atom is -0.459 e. The maximum absolute atomic E-state index is 13.2. The average molecular weight is 492 g/mol. The quantitative estimate of drug-likeness (QED) is 0.429. The highest BCUT2D eigenvalue weighted by Gasteiger charge is 2.97. The molecule has 7 aliphatic rings. The Kier molecular flexibility index (Phi) is 4.40. The van der Waals surface area contributed by atoms with Crippen molar-refractivity contribution < 1.29 is 38.7 Å². The van der Waals surface area contributed by atoms with E-state index in [0.29, 0.717) is 25.9 Å². The SMILES string of the molecule is CCN1C[C@]2(C)C=C[C@H](O)[C@]34[C@H]1[C@@]1(OCO[C@@]15C[C@H](OC)[C@H]1C[C@]3(O)[C@@H]5[C@H]1OC)[C@@H](OC(C)=O)[C@@H]42. The number of nitrogens with zero attached hydrogens (tertiary/aromatic N) is 1. The molecule has 0 aromatic heterocycles. The molecule has 6 fully saturated rings. The normalized spacial score (nSPS) is 61.1. The maximum Gasteiger partial charge on any atom is 0.303 e. The van der Waals surface area contributed by atoms with E-state index in [9.17, 15) is 15.0 Å². The highest BCUT2D eigenvalue weighted by atomic mass is 16.7. The van der Waals surface area contributed by atoms with E-state index in [1.54, 1.807) is 14.2 Å². The van der Waals surface area contributed by atoms with Gasteiger partial charge in [-0.2, -0.15) is 0 Å². The third-order valence-electron chi connectivity index (χ3n) is 11.5. The van der Waals surface area contributed by atoms with E-state index in [0.717, 1.165) is 0 Å². The van der Waals surface area contributed by atoms with Gasteiger partial charge in [-0.25, -0.2) is 0 Å². The van der Waals surface area contributed by atoms with Crippen molar-refractivity contribution in [1.29, 1.82) is 0 Å². The Bertz CT molecular complexity index is 1010. The Morgan fingerprint density at radius 3 is 2.63 bits per heavy atom. The van der Waals surface area contributed by atoms with Crippen molar-refractivity contribution in [3.63, 3.8) is 0 Å². The van der Waals surface area contributed by atoms with Crippen molar-refractivity contribution in [2.45, 2.75) is 80.9 Å². The fraction of sp³-hybridized carbons (Fsp3) is 0.885. The number of carbonyl (C=O) groups excluding carboxylic acids is 1. The van der Waals surface area contributed by atoms with Gasteiger partial charge in [0.1, 0.15) is 18.5 Å². The number of aliphatic hydroxyl groups is 2. The lowest BCUT2D eigenvalue weighted by Crippen LogP contribution is -2.85. The maximum atomic E-state index is 13.2. The van der Waals surface area contributed by atoms with Crippen molar-refractivity contribution >= 4 is 5.97 Å². The van der Waals surface area contributed by atoms with Crippen LogP contribution in [0, 0.1) is 28.6 Å². The second-order valence-corrected chi connectivity index (χ2v) is 12.3. The summed E-state index contributed by atoms with van der Waals surface area (Å²) in [5, 5.41) is 25.2. The van der Waals surface area contributed by atoms with Crippen molar-refractivity contribution in [3.05, 3.63) is 12.2 Å². The molecule has 0 amide bonds. The van der Waals surface area contributed by atoms with E-state index in [4.69, 9.17) is 23.7 Å². The van der Waals surface area contributed by atoms with E-state index >= 15 is 0 Å². The van der Waals surface area contributed by atoms with Crippen LogP contribution in [0.2, 0.25) is 0 Å². The molecule has 13 atom stereocenters. The van der Waals surface area contributed by atoms with Gasteiger partial charge in [0, 0.05) is 57.3 Å². The summed E-state index contributed by atoms with van der Waals surface area (Å²) in [5.41, 5.74) is -4.89. The Labute approximate surface area is 205 Å². The average Bonchev–Trinajstić information content (AvgIpc) is 3.37. The van der Waals surface area contributed by atoms with E-state index < -0.39 is 57.8 Å². The number of likely N-dealkylation sites (tertiary alicyclic amines) is 1. The number of rotatable bonds is 4. The number of aliphatic hydroxyl groups excluding tert-OH is 1. The molecule has 9 heteroatoms. The molecule has 3 spiro atoms. The number of esters is 1. The molecule has 2 saturated heterocycles. The standard InChI is InChI=1S/C26H37NO8/c1-6-27-11-22(3)8-7-16(29)25-19(22)20(35-13(2)28)26(21(25)27)24(33-12-34-26)10-15(31-4)14-9-23(25,30)18(24)17(14)32-5/h7-8,14-21,29-30H,6,9-12H2,1-5H3/t14-,15+,16+,17+,18+,19-,20+,21+,22+,23+,24-,25+,26+/m1/s1. The molecule has 2 heterocycles. The lowest BCUT2D eigenvalue weighted by molar-refractivity contribution is -0.315. The molecule has 2 aliphatic heterocycles. The van der Waals surface area contributed by atoms with Crippen LogP contribution in [-0.4, -0.2) is 102 Å². The van der Waals surface area contributed by atoms with Gasteiger partial charge in [-0.3, -0.25) is 9.69 Å². The second-order valence-electron chi connectivity index (χ2n) is 12.3. The van der Waals surface area contributed by atoms with Gasteiger partial charge in [0.25, 0.3) is 0 Å². The van der Waals surface area contributed by atoms with Gasteiger partial charge in [-0.05, 0) is 13.0 Å². The lowest BCUT2D eigenvalue weighted by atomic mass is 9.42. The molecule has 35 heavy (non-hydrogen) atoms. The van der Waals surface area contributed by atoms with E-state index in [1.807, 2.05) is 6.08 Å². The molecule has 9 nitrogen and oxygen atoms in total. The summed E-state index contributed by atoms with van der Waals surface area (Å²) in [4.78, 5) is 15.0. The van der Waals surface area contributed by atoms with Gasteiger partial charge in [-0.1, -0.05) is 26.0 Å². The van der Waals surface area contributed by atoms with Gasteiger partial charge < -0.3 is 33.9 Å². The third kappa shape index (κ3) is 2.05. The molecule has 0 aromatic rings. The Morgan fingerprint density at radius 1 is 1.20 bits per heavy atom. The summed E-state index contributed by atoms with van der Waals surface area (Å²) < 4.78 is 31.8. The fourth-order valence-electron chi connectivity index (χ4n) is 11.0. The fourth-order valence-corrected chi connectivity index (χ4v) is 11.0. The number of hydrogen-bond donors (Lipinski definition) is 2. The molecule has 0 aromatic carbocycles. The molecule has 4 saturated carbocycles. The van der Waals surface area contributed by atoms with Crippen molar-refractivity contribution in [2.75, 3.05) is 34.1 Å². The highest BCUT2D eigenvalue weighted by Crippen LogP contribution is 2.82. The predicted molar refractivity (Wildman–Crippen MR) is 121 cm³/mol. The zero-order chi connectivity index (χ0) is 24.8. The van der Waals surface area contributed by atoms with Crippen LogP contribution in [0.4, 0.5) is 0 Å². The molecular formula is C26H37NO8. The number of carbonyl (C=O) groups is 1. The van der Waals surface area contributed by atoms with Gasteiger partial charge >= 0.3 is 5.97 Å². The predicted octanol–water partition coefficient (Wildman–Crippen LogP) is 0.472. The van der Waals surface area contributed by atoms with E-state index in [1.165, 1.54) is 6.92 Å². The molecular weight excluding hydrogens is 454 g/mol. The lowest BCUT2D eigenvalue weighted by Gasteiger charge is -2.70. The van der Waals surface area contributed by atoms with Crippen LogP contribution < -0.4 is 0 Å². The van der Waals surface area contributed by atoms with Gasteiger partial charge in [-0.15, -0.1) is 0 Å². The zero-order valence-corrected chi connectivity index (χ0v) is 21.1. The summed E-state index contributed by atoms with van der Waals surface area (Å²) in [6.45, 7) is 7.13. The van der Waals surface area contributed by atoms with Crippen molar-refractivity contribution in [1.82, 2.24) is 4.90 Å². The van der Waals surface area contributed by atoms with E-state index in [2.05, 4.69) is 24.8 Å². The number of ether oxygens (including phenoxy) is 5. The van der Waals surface area contributed by atoms with Crippen LogP contribution in [0.3, 0.4) is 0 Å². The summed E-state index contributed by atoms with van der Waals surface area (Å²) in [6, 6.07) is -0.405. The Balaban J connectivity index is 1.62. The molecule has 194 valence electrons. The first-order valence-electron chi connectivity index (χ1n) is 13.0. The third-order valence-corrected chi connectivity index (χ3v) is 11.5.